The van der Waals surface area contributed by atoms with Crippen molar-refractivity contribution in [3.63, 3.8) is 0 Å². The lowest BCUT2D eigenvalue weighted by Crippen LogP contribution is -2.19. The van der Waals surface area contributed by atoms with Crippen molar-refractivity contribution in [2.75, 3.05) is 5.32 Å². The van der Waals surface area contributed by atoms with Crippen molar-refractivity contribution in [3.8, 4) is 0 Å². The average molecular weight is 273 g/mol. The largest absolute Gasteiger partial charge is 0.300 e. The van der Waals surface area contributed by atoms with Gasteiger partial charge in [-0.2, -0.15) is 0 Å². The topological polar surface area (TPSA) is 72.0 Å². The number of Topliss-reactive ketones (excluding diaryl/α,β-unsaturated/α-hetero) is 1. The normalized spacial score (nSPS) is 17.3. The molecule has 1 aliphatic carbocycles. The van der Waals surface area contributed by atoms with Crippen molar-refractivity contribution in [2.24, 2.45) is 0 Å². The lowest BCUT2D eigenvalue weighted by atomic mass is 10.0. The minimum absolute atomic E-state index is 0.0178. The van der Waals surface area contributed by atoms with Gasteiger partial charge in [0.25, 0.3) is 0 Å². The molecule has 1 aliphatic rings. The number of ketones is 1. The number of anilines is 1. The van der Waals surface area contributed by atoms with Crippen LogP contribution in [0.2, 0.25) is 0 Å². The maximum atomic E-state index is 12.2. The van der Waals surface area contributed by atoms with Crippen molar-refractivity contribution < 1.29 is 9.59 Å². The fraction of sp³-hybridized carbons (Fsp3) is 0.231. The van der Waals surface area contributed by atoms with Gasteiger partial charge in [-0.25, -0.2) is 0 Å². The lowest BCUT2D eigenvalue weighted by molar-refractivity contribution is -0.117. The summed E-state index contributed by atoms with van der Waals surface area (Å²) in [6.45, 7) is 1.82. The molecule has 1 heterocycles. The van der Waals surface area contributed by atoms with E-state index in [9.17, 15) is 9.59 Å². The fourth-order valence-electron chi connectivity index (χ4n) is 2.23. The van der Waals surface area contributed by atoms with E-state index in [1.54, 1.807) is 6.07 Å². The van der Waals surface area contributed by atoms with Crippen molar-refractivity contribution in [1.82, 2.24) is 10.2 Å². The van der Waals surface area contributed by atoms with Gasteiger partial charge < -0.3 is 0 Å². The molecular weight excluding hydrogens is 262 g/mol. The van der Waals surface area contributed by atoms with Crippen LogP contribution >= 0.6 is 11.3 Å². The molecule has 0 radical (unpaired) electrons. The highest BCUT2D eigenvalue weighted by atomic mass is 32.1. The Kier molecular flexibility index (Phi) is 2.87. The molecule has 1 aromatic heterocycles. The zero-order valence-corrected chi connectivity index (χ0v) is 11.0. The third-order valence-electron chi connectivity index (χ3n) is 3.10. The van der Waals surface area contributed by atoms with E-state index < -0.39 is 5.92 Å². The van der Waals surface area contributed by atoms with Crippen LogP contribution in [0.1, 0.15) is 33.3 Å². The Labute approximate surface area is 113 Å². The van der Waals surface area contributed by atoms with Gasteiger partial charge in [0.05, 0.1) is 5.92 Å². The Morgan fingerprint density at radius 3 is 2.89 bits per heavy atom. The van der Waals surface area contributed by atoms with E-state index in [1.807, 2.05) is 25.1 Å². The number of rotatable bonds is 2. The number of benzene rings is 1. The van der Waals surface area contributed by atoms with E-state index in [1.165, 1.54) is 11.3 Å². The molecule has 3 rings (SSSR count). The van der Waals surface area contributed by atoms with Gasteiger partial charge >= 0.3 is 0 Å². The van der Waals surface area contributed by atoms with Crippen LogP contribution in [0.15, 0.2) is 24.3 Å². The molecule has 6 heteroatoms. The first-order valence-corrected chi connectivity index (χ1v) is 6.70. The Morgan fingerprint density at radius 2 is 2.16 bits per heavy atom. The zero-order chi connectivity index (χ0) is 13.4. The minimum atomic E-state index is -0.423. The smallest absolute Gasteiger partial charge is 0.234 e. The summed E-state index contributed by atoms with van der Waals surface area (Å²) in [6.07, 6.45) is 0.225. The molecule has 1 amide bonds. The van der Waals surface area contributed by atoms with Gasteiger partial charge in [0.1, 0.15) is 5.01 Å². The second-order valence-corrected chi connectivity index (χ2v) is 5.56. The van der Waals surface area contributed by atoms with Crippen LogP contribution < -0.4 is 5.32 Å². The maximum absolute atomic E-state index is 12.2. The van der Waals surface area contributed by atoms with E-state index in [-0.39, 0.29) is 18.1 Å². The summed E-state index contributed by atoms with van der Waals surface area (Å²) in [5, 5.41) is 11.7. The molecule has 5 nitrogen and oxygen atoms in total. The zero-order valence-electron chi connectivity index (χ0n) is 10.2. The lowest BCUT2D eigenvalue weighted by Gasteiger charge is -2.09. The predicted molar refractivity (Wildman–Crippen MR) is 71.4 cm³/mol. The minimum Gasteiger partial charge on any atom is -0.300 e. The number of amides is 1. The molecule has 0 aliphatic heterocycles. The first-order chi connectivity index (χ1) is 9.15. The summed E-state index contributed by atoms with van der Waals surface area (Å²) >= 11 is 1.32. The molecule has 1 atom stereocenters. The Morgan fingerprint density at radius 1 is 1.37 bits per heavy atom. The van der Waals surface area contributed by atoms with Gasteiger partial charge in [-0.3, -0.25) is 14.9 Å². The van der Waals surface area contributed by atoms with Crippen LogP contribution in [0, 0.1) is 6.92 Å². The number of aryl methyl sites for hydroxylation is 1. The molecule has 0 saturated carbocycles. The van der Waals surface area contributed by atoms with Crippen LogP contribution in [-0.2, 0) is 4.79 Å². The summed E-state index contributed by atoms with van der Waals surface area (Å²) in [5.74, 6) is -0.605. The highest BCUT2D eigenvalue weighted by Crippen LogP contribution is 2.33. The van der Waals surface area contributed by atoms with E-state index in [2.05, 4.69) is 15.5 Å². The number of hydrogen-bond donors (Lipinski definition) is 1. The second-order valence-electron chi connectivity index (χ2n) is 4.38. The summed E-state index contributed by atoms with van der Waals surface area (Å²) < 4.78 is 0. The van der Waals surface area contributed by atoms with Gasteiger partial charge in [0, 0.05) is 12.0 Å². The molecule has 0 unspecified atom stereocenters. The molecule has 0 bridgehead atoms. The van der Waals surface area contributed by atoms with Crippen molar-refractivity contribution in [1.29, 1.82) is 0 Å². The number of nitrogens with one attached hydrogen (secondary N) is 1. The van der Waals surface area contributed by atoms with Gasteiger partial charge in [0.2, 0.25) is 11.0 Å². The Bertz CT molecular complexity index is 665. The van der Waals surface area contributed by atoms with Crippen molar-refractivity contribution in [2.45, 2.75) is 19.3 Å². The molecule has 2 aromatic rings. The van der Waals surface area contributed by atoms with E-state index in [4.69, 9.17) is 0 Å². The molecule has 96 valence electrons. The summed E-state index contributed by atoms with van der Waals surface area (Å²) in [4.78, 5) is 24.0. The van der Waals surface area contributed by atoms with Crippen LogP contribution in [0.4, 0.5) is 5.13 Å². The second kappa shape index (κ2) is 4.55. The third-order valence-corrected chi connectivity index (χ3v) is 3.85. The SMILES string of the molecule is Cc1nnc(NC(=O)[C@H]2CC(=O)c3ccccc32)s1. The maximum Gasteiger partial charge on any atom is 0.234 e. The monoisotopic (exact) mass is 273 g/mol. The van der Waals surface area contributed by atoms with Gasteiger partial charge in [-0.15, -0.1) is 10.2 Å². The molecular formula is C13H11N3O2S. The van der Waals surface area contributed by atoms with Crippen LogP contribution in [0.25, 0.3) is 0 Å². The number of hydrogen-bond acceptors (Lipinski definition) is 5. The number of carbonyl (C=O) groups excluding carboxylic acids is 2. The van der Waals surface area contributed by atoms with Crippen LogP contribution in [0.3, 0.4) is 0 Å². The summed E-state index contributed by atoms with van der Waals surface area (Å²) in [5.41, 5.74) is 1.45. The first kappa shape index (κ1) is 12.0. The molecule has 0 spiro atoms. The Balaban J connectivity index is 1.84. The standard InChI is InChI=1S/C13H11N3O2S/c1-7-15-16-13(19-7)14-12(18)10-6-11(17)9-5-3-2-4-8(9)10/h2-5,10H,6H2,1H3,(H,14,16,18)/t10-/m0/s1. The van der Waals surface area contributed by atoms with Gasteiger partial charge in [0.15, 0.2) is 5.78 Å². The predicted octanol–water partition coefficient (Wildman–Crippen LogP) is 2.16. The van der Waals surface area contributed by atoms with Crippen molar-refractivity contribution >= 4 is 28.2 Å². The number of nitrogens with zero attached hydrogens (tertiary/aromatic N) is 2. The molecule has 1 aromatic carbocycles. The summed E-state index contributed by atoms with van der Waals surface area (Å²) in [7, 11) is 0. The third kappa shape index (κ3) is 2.15. The molecule has 0 saturated heterocycles. The number of carbonyl (C=O) groups is 2. The highest BCUT2D eigenvalue weighted by molar-refractivity contribution is 7.15. The van der Waals surface area contributed by atoms with Gasteiger partial charge in [-0.05, 0) is 12.5 Å². The fourth-order valence-corrected chi connectivity index (χ4v) is 2.83. The molecule has 1 N–H and O–H groups in total. The van der Waals surface area contributed by atoms with E-state index in [0.29, 0.717) is 10.7 Å². The number of fused-ring (bicyclic) bond motifs is 1. The van der Waals surface area contributed by atoms with Gasteiger partial charge in [-0.1, -0.05) is 35.6 Å². The molecule has 19 heavy (non-hydrogen) atoms. The summed E-state index contributed by atoms with van der Waals surface area (Å²) in [6, 6.07) is 7.24. The van der Waals surface area contributed by atoms with Crippen LogP contribution in [-0.4, -0.2) is 21.9 Å². The quantitative estimate of drug-likeness (QED) is 0.910. The van der Waals surface area contributed by atoms with Crippen LogP contribution in [0.5, 0.6) is 0 Å². The van der Waals surface area contributed by atoms with Crippen molar-refractivity contribution in [3.05, 3.63) is 40.4 Å². The Hall–Kier alpha value is -2.08. The highest BCUT2D eigenvalue weighted by Gasteiger charge is 2.34. The first-order valence-electron chi connectivity index (χ1n) is 5.88. The number of aromatic nitrogens is 2. The van der Waals surface area contributed by atoms with E-state index in [0.717, 1.165) is 10.6 Å². The molecule has 0 fully saturated rings. The van der Waals surface area contributed by atoms with E-state index >= 15 is 0 Å². The average Bonchev–Trinajstić information content (AvgIpc) is 2.95.